The van der Waals surface area contributed by atoms with Gasteiger partial charge in [-0.15, -0.1) is 15.1 Å². The summed E-state index contributed by atoms with van der Waals surface area (Å²) in [5, 5.41) is 19.1. The molecule has 0 N–H and O–H groups in total. The monoisotopic (exact) mass is 772 g/mol. The van der Waals surface area contributed by atoms with Crippen molar-refractivity contribution in [2.24, 2.45) is 13.3 Å². The van der Waals surface area contributed by atoms with Crippen molar-refractivity contribution in [2.45, 2.75) is 0 Å². The lowest BCUT2D eigenvalue weighted by atomic mass is 9.83. The van der Waals surface area contributed by atoms with Gasteiger partial charge in [0.05, 0.1) is 0 Å². The molecule has 0 nitrogen and oxygen atoms in total. The molecule has 2 atom stereocenters. The van der Waals surface area contributed by atoms with Gasteiger partial charge < -0.3 is 0 Å². The number of hydrogen-bond acceptors (Lipinski definition) is 0. The van der Waals surface area contributed by atoms with Gasteiger partial charge in [-0.3, -0.25) is 0 Å². The summed E-state index contributed by atoms with van der Waals surface area (Å²) >= 11 is 0. The first-order valence-corrected chi connectivity index (χ1v) is 23.7. The highest BCUT2D eigenvalue weighted by Crippen LogP contribution is 2.54. The van der Waals surface area contributed by atoms with Crippen molar-refractivity contribution in [1.29, 1.82) is 0 Å². The molecule has 2 aromatic heterocycles. The zero-order valence-electron chi connectivity index (χ0n) is 32.4. The van der Waals surface area contributed by atoms with Crippen molar-refractivity contribution in [3.63, 3.8) is 0 Å². The fraction of sp³-hybridized carbons (Fsp3) is 0.0357. The fourth-order valence-corrected chi connectivity index (χ4v) is 14.1. The van der Waals surface area contributed by atoms with Crippen molar-refractivity contribution in [3.05, 3.63) is 194 Å². The molecule has 2 unspecified atom stereocenters. The summed E-state index contributed by atoms with van der Waals surface area (Å²) in [7, 11) is -0.849. The quantitative estimate of drug-likeness (QED) is 0.156. The second-order valence-electron chi connectivity index (χ2n) is 15.7. The highest BCUT2D eigenvalue weighted by molar-refractivity contribution is 7.60. The van der Waals surface area contributed by atoms with Crippen LogP contribution in [-0.4, -0.2) is 0 Å². The van der Waals surface area contributed by atoms with E-state index in [1.54, 1.807) is 0 Å². The van der Waals surface area contributed by atoms with E-state index in [4.69, 9.17) is 0 Å². The lowest BCUT2D eigenvalue weighted by molar-refractivity contribution is 1.63. The van der Waals surface area contributed by atoms with Gasteiger partial charge in [0.25, 0.3) is 0 Å². The Morgan fingerprint density at radius 2 is 0.724 bits per heavy atom. The van der Waals surface area contributed by atoms with Crippen molar-refractivity contribution in [3.8, 4) is 44.5 Å². The summed E-state index contributed by atoms with van der Waals surface area (Å²) in [6, 6.07) is 73.4. The third-order valence-electron chi connectivity index (χ3n) is 12.7. The van der Waals surface area contributed by atoms with Crippen LogP contribution in [0.25, 0.3) is 119 Å². The maximum absolute atomic E-state index is 2.53. The van der Waals surface area contributed by atoms with Crippen molar-refractivity contribution < 1.29 is 0 Å². The van der Waals surface area contributed by atoms with Crippen LogP contribution in [-0.2, 0) is 13.3 Å². The first kappa shape index (κ1) is 33.7. The van der Waals surface area contributed by atoms with Crippen molar-refractivity contribution in [1.82, 2.24) is 0 Å². The molecule has 0 bridgehead atoms. The molecule has 0 aliphatic rings. The Kier molecular flexibility index (Phi) is 7.59. The molecule has 0 spiro atoms. The first-order chi connectivity index (χ1) is 28.6. The molecule has 2 heteroatoms. The molecule has 0 amide bonds. The van der Waals surface area contributed by atoms with Crippen molar-refractivity contribution >= 4 is 89.4 Å². The van der Waals surface area contributed by atoms with E-state index < -0.39 is 15.1 Å². The van der Waals surface area contributed by atoms with E-state index in [-0.39, 0.29) is 0 Å². The Labute approximate surface area is 339 Å². The summed E-state index contributed by atoms with van der Waals surface area (Å²) in [5.41, 5.74) is 10.2. The van der Waals surface area contributed by atoms with Gasteiger partial charge >= 0.3 is 0 Å². The van der Waals surface area contributed by atoms with Crippen LogP contribution in [0, 0.1) is 0 Å². The Hall–Kier alpha value is -6.42. The molecule has 272 valence electrons. The molecular formula is C56H38P2. The van der Waals surface area contributed by atoms with Gasteiger partial charge in [-0.25, -0.2) is 0 Å². The van der Waals surface area contributed by atoms with Crippen LogP contribution in [0.1, 0.15) is 0 Å². The van der Waals surface area contributed by atoms with Crippen LogP contribution < -0.4 is 0 Å². The van der Waals surface area contributed by atoms with E-state index in [0.717, 1.165) is 0 Å². The SMILES string of the molecule is Cp1c2ccccc2c2c(-c3cccc4c(-c5cc(-c6ccccc6)cc6ccccc56)c5cccc(-c6cccc7c6c6ccccc6p7C)c5cc34)cccc21. The highest BCUT2D eigenvalue weighted by Gasteiger charge is 2.22. The van der Waals surface area contributed by atoms with Gasteiger partial charge in [-0.2, -0.15) is 0 Å². The summed E-state index contributed by atoms with van der Waals surface area (Å²) in [5.74, 6) is 0. The molecule has 0 saturated heterocycles. The second-order valence-corrected chi connectivity index (χ2v) is 19.9. The predicted molar refractivity (Wildman–Crippen MR) is 258 cm³/mol. The maximum atomic E-state index is 2.53. The van der Waals surface area contributed by atoms with E-state index >= 15 is 0 Å². The van der Waals surface area contributed by atoms with E-state index in [2.05, 4.69) is 207 Å². The minimum atomic E-state index is -0.425. The van der Waals surface area contributed by atoms with Gasteiger partial charge in [0.15, 0.2) is 0 Å². The first-order valence-electron chi connectivity index (χ1n) is 20.1. The molecule has 2 heterocycles. The maximum Gasteiger partial charge on any atom is 0.00274 e. The fourth-order valence-electron chi connectivity index (χ4n) is 10.1. The molecule has 58 heavy (non-hydrogen) atoms. The van der Waals surface area contributed by atoms with Gasteiger partial charge in [-0.1, -0.05) is 176 Å². The molecule has 0 fully saturated rings. The number of rotatable bonds is 4. The lowest BCUT2D eigenvalue weighted by Gasteiger charge is -2.20. The highest BCUT2D eigenvalue weighted by atomic mass is 31.1. The molecule has 12 aromatic rings. The molecule has 0 aliphatic heterocycles. The van der Waals surface area contributed by atoms with Crippen LogP contribution >= 0.6 is 15.1 Å². The molecule has 0 radical (unpaired) electrons. The average molecular weight is 773 g/mol. The summed E-state index contributed by atoms with van der Waals surface area (Å²) in [6.07, 6.45) is 0. The van der Waals surface area contributed by atoms with Gasteiger partial charge in [0.1, 0.15) is 0 Å². The minimum absolute atomic E-state index is 0.425. The number of hydrogen-bond donors (Lipinski definition) is 0. The number of aryl methyl sites for hydroxylation is 2. The average Bonchev–Trinajstić information content (AvgIpc) is 3.75. The van der Waals surface area contributed by atoms with E-state index in [9.17, 15) is 0 Å². The van der Waals surface area contributed by atoms with Crippen LogP contribution in [0.4, 0.5) is 0 Å². The Morgan fingerprint density at radius 1 is 0.276 bits per heavy atom. The summed E-state index contributed by atoms with van der Waals surface area (Å²) in [4.78, 5) is 0. The largest absolute Gasteiger partial charge is 0.112 e. The molecular weight excluding hydrogens is 735 g/mol. The second kappa shape index (κ2) is 13.1. The van der Waals surface area contributed by atoms with Crippen molar-refractivity contribution in [2.75, 3.05) is 0 Å². The summed E-state index contributed by atoms with van der Waals surface area (Å²) in [6.45, 7) is 4.85. The van der Waals surface area contributed by atoms with Crippen LogP contribution in [0.3, 0.4) is 0 Å². The Bertz CT molecular complexity index is 3460. The van der Waals surface area contributed by atoms with E-state index in [0.29, 0.717) is 0 Å². The van der Waals surface area contributed by atoms with Gasteiger partial charge in [-0.05, 0) is 119 Å². The standard InChI is InChI=1S/C56H38P2/c1-57-50-28-10-8-20-45(50)55-41(26-14-30-52(55)57)39-22-12-24-43-47(39)34-48-40(42-27-15-31-53-56(42)46-21-9-11-29-51(46)58(53)2)23-13-25-44(48)54(43)49-33-37(35-16-4-3-5-17-35)32-36-18-6-7-19-38(36)49/h3-34H,1-2H3. The molecule has 0 aliphatic carbocycles. The predicted octanol–water partition coefficient (Wildman–Crippen LogP) is 17.5. The van der Waals surface area contributed by atoms with Gasteiger partial charge in [0.2, 0.25) is 0 Å². The zero-order valence-corrected chi connectivity index (χ0v) is 34.2. The van der Waals surface area contributed by atoms with Gasteiger partial charge in [0, 0.05) is 31.2 Å². The zero-order chi connectivity index (χ0) is 38.5. The van der Waals surface area contributed by atoms with Crippen LogP contribution in [0.15, 0.2) is 194 Å². The Balaban J connectivity index is 1.27. The third-order valence-corrected chi connectivity index (χ3v) is 17.2. The van der Waals surface area contributed by atoms with Crippen LogP contribution in [0.2, 0.25) is 0 Å². The Morgan fingerprint density at radius 3 is 1.31 bits per heavy atom. The molecule has 12 rings (SSSR count). The number of fused-ring (bicyclic) bond motifs is 9. The summed E-state index contributed by atoms with van der Waals surface area (Å²) < 4.78 is 0. The van der Waals surface area contributed by atoms with Crippen LogP contribution in [0.5, 0.6) is 0 Å². The normalized spacial score (nSPS) is 12.6. The minimum Gasteiger partial charge on any atom is -0.112 e. The topological polar surface area (TPSA) is 0 Å². The molecule has 0 saturated carbocycles. The number of benzene rings is 10. The smallest absolute Gasteiger partial charge is 0.00274 e. The van der Waals surface area contributed by atoms with E-state index in [1.807, 2.05) is 0 Å². The third kappa shape index (κ3) is 4.90. The lowest BCUT2D eigenvalue weighted by Crippen LogP contribution is -1.93. The molecule has 10 aromatic carbocycles. The van der Waals surface area contributed by atoms with E-state index in [1.165, 1.54) is 119 Å².